The van der Waals surface area contributed by atoms with E-state index in [9.17, 15) is 0 Å². The molecule has 0 saturated carbocycles. The lowest BCUT2D eigenvalue weighted by Crippen LogP contribution is -2.33. The van der Waals surface area contributed by atoms with E-state index in [-0.39, 0.29) is 0 Å². The van der Waals surface area contributed by atoms with Crippen LogP contribution in [-0.4, -0.2) is 47.3 Å². The third-order valence-corrected chi connectivity index (χ3v) is 3.23. The number of likely N-dealkylation sites (N-methyl/N-ethyl adjacent to an activating group) is 1. The predicted octanol–water partition coefficient (Wildman–Crippen LogP) is 0.603. The number of nitrogens with zero attached hydrogens (tertiary/aromatic N) is 3. The number of likely N-dealkylation sites (tertiary alicyclic amines) is 1. The fourth-order valence-electron chi connectivity index (χ4n) is 2.17. The molecule has 0 radical (unpaired) electrons. The second-order valence-corrected chi connectivity index (χ2v) is 4.66. The first-order chi connectivity index (χ1) is 7.65. The van der Waals surface area contributed by atoms with Crippen LogP contribution in [0.15, 0.2) is 4.52 Å². The van der Waals surface area contributed by atoms with Gasteiger partial charge in [0.1, 0.15) is 0 Å². The van der Waals surface area contributed by atoms with Gasteiger partial charge in [-0.1, -0.05) is 5.16 Å². The van der Waals surface area contributed by atoms with Crippen molar-refractivity contribution < 1.29 is 4.52 Å². The smallest absolute Gasteiger partial charge is 0.227 e. The fourth-order valence-corrected chi connectivity index (χ4v) is 2.17. The van der Waals surface area contributed by atoms with Gasteiger partial charge in [-0.25, -0.2) is 0 Å². The molecule has 0 aliphatic carbocycles. The molecule has 16 heavy (non-hydrogen) atoms. The third-order valence-electron chi connectivity index (χ3n) is 3.23. The lowest BCUT2D eigenvalue weighted by molar-refractivity contribution is 0.326. The fraction of sp³-hybridized carbons (Fsp3) is 0.818. The van der Waals surface area contributed by atoms with Gasteiger partial charge in [0, 0.05) is 31.6 Å². The van der Waals surface area contributed by atoms with E-state index >= 15 is 0 Å². The van der Waals surface area contributed by atoms with Gasteiger partial charge in [-0.3, -0.25) is 0 Å². The Morgan fingerprint density at radius 2 is 2.38 bits per heavy atom. The minimum atomic E-state index is 0.601. The van der Waals surface area contributed by atoms with Crippen LogP contribution in [0.25, 0.3) is 0 Å². The van der Waals surface area contributed by atoms with Gasteiger partial charge in [-0.05, 0) is 27.3 Å². The van der Waals surface area contributed by atoms with Crippen LogP contribution in [0.1, 0.15) is 25.1 Å². The molecule has 5 heteroatoms. The Hall–Kier alpha value is -0.940. The first-order valence-corrected chi connectivity index (χ1v) is 5.88. The molecule has 5 nitrogen and oxygen atoms in total. The third kappa shape index (κ3) is 2.80. The summed E-state index contributed by atoms with van der Waals surface area (Å²) in [7, 11) is 2.17. The monoisotopic (exact) mass is 224 g/mol. The lowest BCUT2D eigenvalue weighted by Gasteiger charge is -2.12. The minimum Gasteiger partial charge on any atom is -0.339 e. The first-order valence-electron chi connectivity index (χ1n) is 5.88. The van der Waals surface area contributed by atoms with Crippen LogP contribution >= 0.6 is 0 Å². The van der Waals surface area contributed by atoms with Crippen molar-refractivity contribution in [3.05, 3.63) is 11.7 Å². The van der Waals surface area contributed by atoms with Crippen LogP contribution in [0.2, 0.25) is 0 Å². The molecule has 0 bridgehead atoms. The van der Waals surface area contributed by atoms with Crippen LogP contribution in [0, 0.1) is 6.92 Å². The van der Waals surface area contributed by atoms with Gasteiger partial charge in [-0.2, -0.15) is 4.98 Å². The van der Waals surface area contributed by atoms with Crippen molar-refractivity contribution in [3.8, 4) is 0 Å². The average molecular weight is 224 g/mol. The van der Waals surface area contributed by atoms with Crippen LogP contribution in [0.4, 0.5) is 0 Å². The van der Waals surface area contributed by atoms with E-state index in [1.165, 1.54) is 6.42 Å². The molecule has 1 aliphatic rings. The second kappa shape index (κ2) is 4.93. The molecule has 2 rings (SSSR count). The summed E-state index contributed by atoms with van der Waals surface area (Å²) in [5, 5.41) is 7.30. The zero-order valence-corrected chi connectivity index (χ0v) is 10.2. The Balaban J connectivity index is 1.69. The van der Waals surface area contributed by atoms with E-state index in [1.807, 2.05) is 6.92 Å². The van der Waals surface area contributed by atoms with E-state index in [1.54, 1.807) is 0 Å². The molecule has 0 amide bonds. The van der Waals surface area contributed by atoms with Crippen molar-refractivity contribution in [3.63, 3.8) is 0 Å². The SMILES string of the molecule is Cc1noc(CCNC2CC(C)N(C)C2)n1. The van der Waals surface area contributed by atoms with Crippen molar-refractivity contribution in [2.45, 2.75) is 38.8 Å². The summed E-state index contributed by atoms with van der Waals surface area (Å²) < 4.78 is 5.06. The predicted molar refractivity (Wildman–Crippen MR) is 61.2 cm³/mol. The van der Waals surface area contributed by atoms with E-state index in [2.05, 4.69) is 34.3 Å². The molecule has 1 aromatic rings. The molecular formula is C11H20N4O. The summed E-state index contributed by atoms with van der Waals surface area (Å²) in [6.07, 6.45) is 2.04. The van der Waals surface area contributed by atoms with Crippen molar-refractivity contribution in [2.24, 2.45) is 0 Å². The van der Waals surface area contributed by atoms with Gasteiger partial charge in [0.25, 0.3) is 0 Å². The summed E-state index contributed by atoms with van der Waals surface area (Å²) in [6.45, 7) is 6.15. The number of aryl methyl sites for hydroxylation is 1. The summed E-state index contributed by atoms with van der Waals surface area (Å²) in [5.74, 6) is 1.44. The molecule has 90 valence electrons. The van der Waals surface area contributed by atoms with Crippen molar-refractivity contribution in [2.75, 3.05) is 20.1 Å². The van der Waals surface area contributed by atoms with Crippen molar-refractivity contribution in [1.29, 1.82) is 0 Å². The Labute approximate surface area is 96.2 Å². The maximum atomic E-state index is 5.06. The highest BCUT2D eigenvalue weighted by Crippen LogP contribution is 2.14. The molecule has 2 unspecified atom stereocenters. The maximum Gasteiger partial charge on any atom is 0.227 e. The summed E-state index contributed by atoms with van der Waals surface area (Å²) in [4.78, 5) is 6.56. The van der Waals surface area contributed by atoms with Gasteiger partial charge in [0.05, 0.1) is 0 Å². The number of aromatic nitrogens is 2. The summed E-state index contributed by atoms with van der Waals surface area (Å²) in [6, 6.07) is 1.28. The van der Waals surface area contributed by atoms with Gasteiger partial charge >= 0.3 is 0 Å². The van der Waals surface area contributed by atoms with E-state index in [0.29, 0.717) is 17.9 Å². The Morgan fingerprint density at radius 1 is 1.56 bits per heavy atom. The van der Waals surface area contributed by atoms with Crippen molar-refractivity contribution in [1.82, 2.24) is 20.4 Å². The molecule has 1 N–H and O–H groups in total. The number of rotatable bonds is 4. The Morgan fingerprint density at radius 3 is 2.94 bits per heavy atom. The van der Waals surface area contributed by atoms with Gasteiger partial charge in [0.15, 0.2) is 5.82 Å². The average Bonchev–Trinajstić information content (AvgIpc) is 2.75. The normalized spacial score (nSPS) is 26.4. The van der Waals surface area contributed by atoms with E-state index in [4.69, 9.17) is 4.52 Å². The largest absolute Gasteiger partial charge is 0.339 e. The zero-order valence-electron chi connectivity index (χ0n) is 10.2. The molecule has 0 aromatic carbocycles. The Bertz CT molecular complexity index is 328. The Kier molecular flexibility index (Phi) is 3.56. The topological polar surface area (TPSA) is 54.2 Å². The molecule has 2 heterocycles. The molecule has 0 spiro atoms. The van der Waals surface area contributed by atoms with Gasteiger partial charge in [-0.15, -0.1) is 0 Å². The molecule has 1 aliphatic heterocycles. The zero-order chi connectivity index (χ0) is 11.5. The quantitative estimate of drug-likeness (QED) is 0.812. The molecule has 1 saturated heterocycles. The number of hydrogen-bond acceptors (Lipinski definition) is 5. The highest BCUT2D eigenvalue weighted by Gasteiger charge is 2.25. The van der Waals surface area contributed by atoms with Crippen LogP contribution in [-0.2, 0) is 6.42 Å². The molecule has 1 aromatic heterocycles. The first kappa shape index (κ1) is 11.5. The van der Waals surface area contributed by atoms with Crippen LogP contribution in [0.3, 0.4) is 0 Å². The van der Waals surface area contributed by atoms with Gasteiger partial charge < -0.3 is 14.7 Å². The maximum absolute atomic E-state index is 5.06. The standard InChI is InChI=1S/C11H20N4O/c1-8-6-10(7-15(8)3)12-5-4-11-13-9(2)14-16-11/h8,10,12H,4-7H2,1-3H3. The summed E-state index contributed by atoms with van der Waals surface area (Å²) >= 11 is 0. The highest BCUT2D eigenvalue weighted by molar-refractivity contribution is 4.87. The molecule has 1 fully saturated rings. The van der Waals surface area contributed by atoms with E-state index in [0.717, 1.165) is 25.4 Å². The van der Waals surface area contributed by atoms with Crippen molar-refractivity contribution >= 4 is 0 Å². The summed E-state index contributed by atoms with van der Waals surface area (Å²) in [5.41, 5.74) is 0. The highest BCUT2D eigenvalue weighted by atomic mass is 16.5. The van der Waals surface area contributed by atoms with Crippen LogP contribution < -0.4 is 5.32 Å². The molecular weight excluding hydrogens is 204 g/mol. The van der Waals surface area contributed by atoms with Gasteiger partial charge in [0.2, 0.25) is 5.89 Å². The second-order valence-electron chi connectivity index (χ2n) is 4.66. The minimum absolute atomic E-state index is 0.601. The number of nitrogens with one attached hydrogen (secondary N) is 1. The molecule has 2 atom stereocenters. The number of hydrogen-bond donors (Lipinski definition) is 1. The van der Waals surface area contributed by atoms with E-state index < -0.39 is 0 Å². The lowest BCUT2D eigenvalue weighted by atomic mass is 10.2. The van der Waals surface area contributed by atoms with Crippen LogP contribution in [0.5, 0.6) is 0 Å².